The van der Waals surface area contributed by atoms with E-state index >= 15 is 0 Å². The van der Waals surface area contributed by atoms with E-state index in [1.807, 2.05) is 20.8 Å². The molecule has 0 N–H and O–H groups in total. The molecule has 1 saturated heterocycles. The van der Waals surface area contributed by atoms with E-state index in [0.29, 0.717) is 17.9 Å². The number of hydrogen-bond donors (Lipinski definition) is 0. The molecule has 1 aromatic rings. The lowest BCUT2D eigenvalue weighted by molar-refractivity contribution is -0.0396. The molecule has 0 bridgehead atoms. The topological polar surface area (TPSA) is 59.8 Å². The van der Waals surface area contributed by atoms with Crippen LogP contribution in [0.1, 0.15) is 91.1 Å². The molecule has 2 aliphatic rings. The maximum absolute atomic E-state index is 12.3. The van der Waals surface area contributed by atoms with Crippen LogP contribution in [0.4, 0.5) is 4.79 Å². The zero-order chi connectivity index (χ0) is 25.1. The molecule has 1 aliphatic carbocycles. The third-order valence-corrected chi connectivity index (χ3v) is 7.25. The Hall–Kier alpha value is -1.86. The Kier molecular flexibility index (Phi) is 8.51. The summed E-state index contributed by atoms with van der Waals surface area (Å²) in [6.45, 7) is 15.6. The van der Waals surface area contributed by atoms with Crippen molar-refractivity contribution in [2.24, 2.45) is 11.3 Å². The SMILES string of the molecule is C[C@@H]1C=C(c2nn(C3CCCCO3)cc2CN(C)CCN(C)C(=O)OC(C)(C)C)CCC1(C)C. The summed E-state index contributed by atoms with van der Waals surface area (Å²) in [7, 11) is 3.89. The van der Waals surface area contributed by atoms with Crippen molar-refractivity contribution in [3.05, 3.63) is 23.5 Å². The second-order valence-corrected chi connectivity index (χ2v) is 11.9. The zero-order valence-electron chi connectivity index (χ0n) is 22.7. The van der Waals surface area contributed by atoms with Crippen LogP contribution in [0, 0.1) is 11.3 Å². The molecule has 1 amide bonds. The summed E-state index contributed by atoms with van der Waals surface area (Å²) in [5, 5.41) is 5.07. The van der Waals surface area contributed by atoms with Crippen LogP contribution >= 0.6 is 0 Å². The lowest BCUT2D eigenvalue weighted by atomic mass is 9.70. The summed E-state index contributed by atoms with van der Waals surface area (Å²) in [6, 6.07) is 0. The number of aromatic nitrogens is 2. The summed E-state index contributed by atoms with van der Waals surface area (Å²) < 4.78 is 13.6. The van der Waals surface area contributed by atoms with Crippen LogP contribution in [0.3, 0.4) is 0 Å². The van der Waals surface area contributed by atoms with Crippen LogP contribution in [0.2, 0.25) is 0 Å². The smallest absolute Gasteiger partial charge is 0.410 e. The maximum Gasteiger partial charge on any atom is 0.410 e. The predicted molar refractivity (Wildman–Crippen MR) is 136 cm³/mol. The molecule has 192 valence electrons. The van der Waals surface area contributed by atoms with E-state index in [1.165, 1.54) is 24.0 Å². The number of carbonyl (C=O) groups excluding carboxylic acids is 1. The summed E-state index contributed by atoms with van der Waals surface area (Å²) in [6.07, 6.45) is 9.90. The lowest BCUT2D eigenvalue weighted by Crippen LogP contribution is -2.38. The fraction of sp³-hybridized carbons (Fsp3) is 0.778. The fourth-order valence-corrected chi connectivity index (χ4v) is 4.51. The molecule has 7 heteroatoms. The quantitative estimate of drug-likeness (QED) is 0.506. The van der Waals surface area contributed by atoms with Crippen molar-refractivity contribution in [2.75, 3.05) is 33.8 Å². The number of ether oxygens (including phenoxy) is 2. The van der Waals surface area contributed by atoms with Gasteiger partial charge in [0.25, 0.3) is 0 Å². The predicted octanol–water partition coefficient (Wildman–Crippen LogP) is 5.72. The van der Waals surface area contributed by atoms with Gasteiger partial charge in [-0.3, -0.25) is 0 Å². The number of hydrogen-bond acceptors (Lipinski definition) is 5. The Morgan fingerprint density at radius 1 is 1.26 bits per heavy atom. The van der Waals surface area contributed by atoms with Crippen molar-refractivity contribution < 1.29 is 14.3 Å². The van der Waals surface area contributed by atoms with E-state index in [-0.39, 0.29) is 12.3 Å². The van der Waals surface area contributed by atoms with E-state index in [2.05, 4.69) is 49.7 Å². The summed E-state index contributed by atoms with van der Waals surface area (Å²) in [5.41, 5.74) is 3.54. The second-order valence-electron chi connectivity index (χ2n) is 11.9. The van der Waals surface area contributed by atoms with Crippen molar-refractivity contribution in [3.8, 4) is 0 Å². The highest BCUT2D eigenvalue weighted by Crippen LogP contribution is 2.42. The number of nitrogens with zero attached hydrogens (tertiary/aromatic N) is 4. The first-order valence-electron chi connectivity index (χ1n) is 12.9. The summed E-state index contributed by atoms with van der Waals surface area (Å²) in [5.74, 6) is 0.514. The molecule has 7 nitrogen and oxygen atoms in total. The van der Waals surface area contributed by atoms with Crippen molar-refractivity contribution in [1.29, 1.82) is 0 Å². The van der Waals surface area contributed by atoms with Gasteiger partial charge in [-0.2, -0.15) is 5.10 Å². The van der Waals surface area contributed by atoms with Gasteiger partial charge >= 0.3 is 6.09 Å². The second kappa shape index (κ2) is 10.8. The van der Waals surface area contributed by atoms with E-state index in [4.69, 9.17) is 14.6 Å². The monoisotopic (exact) mass is 474 g/mol. The Labute approximate surface area is 206 Å². The lowest BCUT2D eigenvalue weighted by Gasteiger charge is -2.35. The number of allylic oxidation sites excluding steroid dienone is 2. The zero-order valence-corrected chi connectivity index (χ0v) is 22.7. The number of amides is 1. The van der Waals surface area contributed by atoms with Gasteiger partial charge in [0.05, 0.1) is 5.69 Å². The summed E-state index contributed by atoms with van der Waals surface area (Å²) in [4.78, 5) is 16.2. The van der Waals surface area contributed by atoms with Crippen LogP contribution < -0.4 is 0 Å². The van der Waals surface area contributed by atoms with Gasteiger partial charge < -0.3 is 19.3 Å². The molecule has 0 saturated carbocycles. The maximum atomic E-state index is 12.3. The minimum absolute atomic E-state index is 0.0305. The number of carbonyl (C=O) groups is 1. The van der Waals surface area contributed by atoms with E-state index in [1.54, 1.807) is 11.9 Å². The van der Waals surface area contributed by atoms with Crippen LogP contribution in [0.25, 0.3) is 5.57 Å². The molecule has 1 aliphatic heterocycles. The molecular weight excluding hydrogens is 428 g/mol. The highest BCUT2D eigenvalue weighted by molar-refractivity contribution is 5.68. The fourth-order valence-electron chi connectivity index (χ4n) is 4.51. The van der Waals surface area contributed by atoms with Crippen molar-refractivity contribution in [3.63, 3.8) is 0 Å². The Morgan fingerprint density at radius 3 is 2.62 bits per heavy atom. The molecule has 0 spiro atoms. The van der Waals surface area contributed by atoms with Crippen LogP contribution in [0.15, 0.2) is 12.3 Å². The van der Waals surface area contributed by atoms with Gasteiger partial charge in [0.15, 0.2) is 0 Å². The van der Waals surface area contributed by atoms with Crippen molar-refractivity contribution in [1.82, 2.24) is 19.6 Å². The molecule has 1 fully saturated rings. The average Bonchev–Trinajstić information content (AvgIpc) is 3.17. The van der Waals surface area contributed by atoms with E-state index in [9.17, 15) is 4.79 Å². The third kappa shape index (κ3) is 7.08. The molecule has 1 unspecified atom stereocenters. The first-order chi connectivity index (χ1) is 15.9. The highest BCUT2D eigenvalue weighted by atomic mass is 16.6. The van der Waals surface area contributed by atoms with Crippen molar-refractivity contribution in [2.45, 2.75) is 92.0 Å². The normalized spacial score (nSPS) is 23.0. The van der Waals surface area contributed by atoms with E-state index < -0.39 is 5.60 Å². The standard InChI is InChI=1S/C27H46N4O3/c1-20-17-21(12-13-27(20,5)6)24-22(19-31(28-24)23-11-9-10-16-33-23)18-29(7)14-15-30(8)25(32)34-26(2,3)4/h17,19-20,23H,9-16,18H2,1-8H3/t20-,23?/m1/s1. The largest absolute Gasteiger partial charge is 0.444 e. The van der Waals surface area contributed by atoms with Crippen LogP contribution in [-0.4, -0.2) is 65.1 Å². The van der Waals surface area contributed by atoms with Gasteiger partial charge in [-0.05, 0) is 76.8 Å². The molecule has 34 heavy (non-hydrogen) atoms. The highest BCUT2D eigenvalue weighted by Gasteiger charge is 2.31. The number of rotatable bonds is 7. The van der Waals surface area contributed by atoms with Gasteiger partial charge in [0.1, 0.15) is 11.8 Å². The molecule has 0 radical (unpaired) electrons. The van der Waals surface area contributed by atoms with Gasteiger partial charge in [0, 0.05) is 45.0 Å². The Balaban J connectivity index is 1.73. The molecule has 0 aromatic carbocycles. The van der Waals surface area contributed by atoms with Gasteiger partial charge in [0.2, 0.25) is 0 Å². The minimum Gasteiger partial charge on any atom is -0.444 e. The van der Waals surface area contributed by atoms with Crippen LogP contribution in [0.5, 0.6) is 0 Å². The van der Waals surface area contributed by atoms with Gasteiger partial charge in [-0.15, -0.1) is 0 Å². The van der Waals surface area contributed by atoms with Gasteiger partial charge in [-0.25, -0.2) is 9.48 Å². The van der Waals surface area contributed by atoms with E-state index in [0.717, 1.165) is 44.7 Å². The first-order valence-corrected chi connectivity index (χ1v) is 12.9. The minimum atomic E-state index is -0.485. The Morgan fingerprint density at radius 2 is 2.00 bits per heavy atom. The summed E-state index contributed by atoms with van der Waals surface area (Å²) >= 11 is 0. The van der Waals surface area contributed by atoms with Crippen LogP contribution in [-0.2, 0) is 16.0 Å². The number of likely N-dealkylation sites (N-methyl/N-ethyl adjacent to an activating group) is 2. The first kappa shape index (κ1) is 26.7. The molecule has 2 heterocycles. The third-order valence-electron chi connectivity index (χ3n) is 7.25. The average molecular weight is 475 g/mol. The molecule has 3 rings (SSSR count). The Bertz CT molecular complexity index is 862. The van der Waals surface area contributed by atoms with Gasteiger partial charge in [-0.1, -0.05) is 26.8 Å². The van der Waals surface area contributed by atoms with Crippen molar-refractivity contribution >= 4 is 11.7 Å². The molecule has 2 atom stereocenters. The molecular formula is C27H46N4O3. The molecule has 1 aromatic heterocycles.